The lowest BCUT2D eigenvalue weighted by atomic mass is 10.00. The molecule has 25 heavy (non-hydrogen) atoms. The number of carbonyl (C=O) groups is 1. The molecule has 3 aromatic rings. The molecule has 1 unspecified atom stereocenters. The molecule has 1 amide bonds. The van der Waals surface area contributed by atoms with Crippen LogP contribution in [0.4, 0.5) is 0 Å². The van der Waals surface area contributed by atoms with Crippen LogP contribution < -0.4 is 5.32 Å². The monoisotopic (exact) mass is 331 g/mol. The fraction of sp³-hybridized carbons (Fsp3) is 0.261. The Labute approximate surface area is 149 Å². The number of carbonyl (C=O) groups excluding carboxylic acids is 1. The van der Waals surface area contributed by atoms with Gasteiger partial charge in [-0.1, -0.05) is 60.7 Å². The van der Waals surface area contributed by atoms with Crippen molar-refractivity contribution in [3.8, 4) is 0 Å². The van der Waals surface area contributed by atoms with E-state index in [1.54, 1.807) is 0 Å². The molecule has 1 atom stereocenters. The largest absolute Gasteiger partial charge is 0.350 e. The van der Waals surface area contributed by atoms with E-state index in [1.807, 2.05) is 19.1 Å². The minimum Gasteiger partial charge on any atom is -0.350 e. The predicted octanol–water partition coefficient (Wildman–Crippen LogP) is 5.27. The van der Waals surface area contributed by atoms with Crippen molar-refractivity contribution in [3.63, 3.8) is 0 Å². The molecule has 0 aliphatic carbocycles. The van der Waals surface area contributed by atoms with E-state index >= 15 is 0 Å². The third-order valence-electron chi connectivity index (χ3n) is 4.91. The zero-order valence-corrected chi connectivity index (χ0v) is 15.2. The maximum absolute atomic E-state index is 12.4. The Bertz CT molecular complexity index is 892. The lowest BCUT2D eigenvalue weighted by Crippen LogP contribution is -2.26. The lowest BCUT2D eigenvalue weighted by Gasteiger charge is -2.16. The highest BCUT2D eigenvalue weighted by atomic mass is 16.1. The van der Waals surface area contributed by atoms with Crippen LogP contribution in [0.15, 0.2) is 60.7 Å². The first kappa shape index (κ1) is 17.2. The summed E-state index contributed by atoms with van der Waals surface area (Å²) in [5, 5.41) is 5.58. The molecule has 3 rings (SSSR count). The molecule has 0 spiro atoms. The molecule has 2 heteroatoms. The maximum Gasteiger partial charge on any atom is 0.220 e. The molecule has 0 radical (unpaired) electrons. The molecule has 0 heterocycles. The summed E-state index contributed by atoms with van der Waals surface area (Å²) in [5.41, 5.74) is 4.92. The Morgan fingerprint density at radius 3 is 2.52 bits per heavy atom. The SMILES string of the molecule is Cc1ccc(C(C)NC(=O)CCc2cccc3ccccc23)cc1C. The zero-order chi connectivity index (χ0) is 17.8. The number of fused-ring (bicyclic) bond motifs is 1. The van der Waals surface area contributed by atoms with Gasteiger partial charge in [0.05, 0.1) is 6.04 Å². The summed E-state index contributed by atoms with van der Waals surface area (Å²) < 4.78 is 0. The van der Waals surface area contributed by atoms with E-state index in [0.717, 1.165) is 12.0 Å². The minimum atomic E-state index is 0.0271. The van der Waals surface area contributed by atoms with Gasteiger partial charge in [-0.15, -0.1) is 0 Å². The first-order valence-corrected chi connectivity index (χ1v) is 8.88. The predicted molar refractivity (Wildman–Crippen MR) is 105 cm³/mol. The summed E-state index contributed by atoms with van der Waals surface area (Å²) in [7, 11) is 0. The number of hydrogen-bond donors (Lipinski definition) is 1. The van der Waals surface area contributed by atoms with Crippen LogP contribution in [0.5, 0.6) is 0 Å². The average molecular weight is 331 g/mol. The highest BCUT2D eigenvalue weighted by Crippen LogP contribution is 2.20. The molecular formula is C23H25NO. The highest BCUT2D eigenvalue weighted by Gasteiger charge is 2.11. The molecule has 0 saturated carbocycles. The van der Waals surface area contributed by atoms with Crippen LogP contribution in [0.1, 0.15) is 41.6 Å². The van der Waals surface area contributed by atoms with Gasteiger partial charge in [0.1, 0.15) is 0 Å². The summed E-state index contributed by atoms with van der Waals surface area (Å²) >= 11 is 0. The Morgan fingerprint density at radius 2 is 1.72 bits per heavy atom. The van der Waals surface area contributed by atoms with E-state index in [0.29, 0.717) is 6.42 Å². The third-order valence-corrected chi connectivity index (χ3v) is 4.91. The van der Waals surface area contributed by atoms with Crippen LogP contribution in [0.2, 0.25) is 0 Å². The maximum atomic E-state index is 12.4. The summed E-state index contributed by atoms with van der Waals surface area (Å²) in [6.07, 6.45) is 1.26. The molecule has 0 aromatic heterocycles. The van der Waals surface area contributed by atoms with E-state index in [9.17, 15) is 4.79 Å². The minimum absolute atomic E-state index is 0.0271. The molecule has 0 aliphatic rings. The summed E-state index contributed by atoms with van der Waals surface area (Å²) in [5.74, 6) is 0.0960. The molecule has 0 saturated heterocycles. The second kappa shape index (κ2) is 7.52. The van der Waals surface area contributed by atoms with E-state index in [1.165, 1.54) is 27.5 Å². The van der Waals surface area contributed by atoms with Gasteiger partial charge in [-0.3, -0.25) is 4.79 Å². The second-order valence-electron chi connectivity index (χ2n) is 6.77. The van der Waals surface area contributed by atoms with Crippen LogP contribution in [0.3, 0.4) is 0 Å². The fourth-order valence-electron chi connectivity index (χ4n) is 3.19. The van der Waals surface area contributed by atoms with E-state index < -0.39 is 0 Å². The number of amides is 1. The zero-order valence-electron chi connectivity index (χ0n) is 15.2. The number of aryl methyl sites for hydroxylation is 3. The van der Waals surface area contributed by atoms with Gasteiger partial charge in [-0.05, 0) is 60.2 Å². The van der Waals surface area contributed by atoms with Crippen molar-refractivity contribution in [2.45, 2.75) is 39.7 Å². The van der Waals surface area contributed by atoms with Gasteiger partial charge in [0, 0.05) is 6.42 Å². The first-order chi connectivity index (χ1) is 12.0. The van der Waals surface area contributed by atoms with Crippen molar-refractivity contribution in [2.75, 3.05) is 0 Å². The average Bonchev–Trinajstić information content (AvgIpc) is 2.62. The molecule has 0 fully saturated rings. The van der Waals surface area contributed by atoms with E-state index in [2.05, 4.69) is 67.7 Å². The summed E-state index contributed by atoms with van der Waals surface area (Å²) in [6.45, 7) is 6.25. The van der Waals surface area contributed by atoms with Crippen LogP contribution >= 0.6 is 0 Å². The van der Waals surface area contributed by atoms with E-state index in [4.69, 9.17) is 0 Å². The lowest BCUT2D eigenvalue weighted by molar-refractivity contribution is -0.121. The van der Waals surface area contributed by atoms with Crippen LogP contribution in [-0.4, -0.2) is 5.91 Å². The van der Waals surface area contributed by atoms with Crippen molar-refractivity contribution in [1.82, 2.24) is 5.32 Å². The molecule has 0 bridgehead atoms. The fourth-order valence-corrected chi connectivity index (χ4v) is 3.19. The molecule has 2 nitrogen and oxygen atoms in total. The van der Waals surface area contributed by atoms with Crippen molar-refractivity contribution in [1.29, 1.82) is 0 Å². The van der Waals surface area contributed by atoms with Gasteiger partial charge in [0.15, 0.2) is 0 Å². The number of hydrogen-bond acceptors (Lipinski definition) is 1. The van der Waals surface area contributed by atoms with Gasteiger partial charge < -0.3 is 5.32 Å². The number of benzene rings is 3. The molecule has 128 valence electrons. The molecular weight excluding hydrogens is 306 g/mol. The van der Waals surface area contributed by atoms with Crippen LogP contribution in [0, 0.1) is 13.8 Å². The van der Waals surface area contributed by atoms with Crippen LogP contribution in [-0.2, 0) is 11.2 Å². The number of nitrogens with one attached hydrogen (secondary N) is 1. The number of rotatable bonds is 5. The molecule has 3 aromatic carbocycles. The highest BCUT2D eigenvalue weighted by molar-refractivity contribution is 5.86. The standard InChI is InChI=1S/C23H25NO/c1-16-11-12-21(15-17(16)2)18(3)24-23(25)14-13-20-9-6-8-19-7-4-5-10-22(19)20/h4-12,15,18H,13-14H2,1-3H3,(H,24,25). The smallest absolute Gasteiger partial charge is 0.220 e. The Morgan fingerprint density at radius 1 is 0.960 bits per heavy atom. The Kier molecular flexibility index (Phi) is 5.18. The third kappa shape index (κ3) is 4.08. The molecule has 1 N–H and O–H groups in total. The van der Waals surface area contributed by atoms with Gasteiger partial charge >= 0.3 is 0 Å². The van der Waals surface area contributed by atoms with Crippen molar-refractivity contribution in [3.05, 3.63) is 82.9 Å². The topological polar surface area (TPSA) is 29.1 Å². The van der Waals surface area contributed by atoms with Crippen molar-refractivity contribution < 1.29 is 4.79 Å². The van der Waals surface area contributed by atoms with Gasteiger partial charge in [0.25, 0.3) is 0 Å². The summed E-state index contributed by atoms with van der Waals surface area (Å²) in [6, 6.07) is 21.0. The van der Waals surface area contributed by atoms with Gasteiger partial charge in [0.2, 0.25) is 5.91 Å². The van der Waals surface area contributed by atoms with Crippen molar-refractivity contribution in [2.24, 2.45) is 0 Å². The quantitative estimate of drug-likeness (QED) is 0.678. The van der Waals surface area contributed by atoms with Gasteiger partial charge in [-0.25, -0.2) is 0 Å². The Balaban J connectivity index is 1.63. The normalized spacial score (nSPS) is 12.1. The van der Waals surface area contributed by atoms with E-state index in [-0.39, 0.29) is 11.9 Å². The van der Waals surface area contributed by atoms with Crippen LogP contribution in [0.25, 0.3) is 10.8 Å². The Hall–Kier alpha value is -2.61. The van der Waals surface area contributed by atoms with Crippen molar-refractivity contribution >= 4 is 16.7 Å². The van der Waals surface area contributed by atoms with Gasteiger partial charge in [-0.2, -0.15) is 0 Å². The molecule has 0 aliphatic heterocycles. The summed E-state index contributed by atoms with van der Waals surface area (Å²) in [4.78, 5) is 12.4. The second-order valence-corrected chi connectivity index (χ2v) is 6.77. The first-order valence-electron chi connectivity index (χ1n) is 8.88.